The first-order valence-electron chi connectivity index (χ1n) is 8.56. The molecule has 3 aromatic heterocycles. The van der Waals surface area contributed by atoms with E-state index in [1.165, 1.54) is 10.9 Å². The predicted molar refractivity (Wildman–Crippen MR) is 102 cm³/mol. The minimum Gasteiger partial charge on any atom is -0.350 e. The highest BCUT2D eigenvalue weighted by molar-refractivity contribution is 7.19. The second-order valence-corrected chi connectivity index (χ2v) is 7.35. The van der Waals surface area contributed by atoms with Crippen molar-refractivity contribution in [3.05, 3.63) is 69.3 Å². The van der Waals surface area contributed by atoms with Crippen molar-refractivity contribution in [1.82, 2.24) is 19.5 Å². The normalized spacial score (nSPS) is 11.3. The van der Waals surface area contributed by atoms with Crippen LogP contribution in [0.3, 0.4) is 0 Å². The predicted octanol–water partition coefficient (Wildman–Crippen LogP) is 2.73. The Morgan fingerprint density at radius 2 is 2.07 bits per heavy atom. The van der Waals surface area contributed by atoms with Gasteiger partial charge in [-0.05, 0) is 24.6 Å². The molecule has 0 fully saturated rings. The van der Waals surface area contributed by atoms with Gasteiger partial charge in [0.15, 0.2) is 0 Å². The van der Waals surface area contributed by atoms with Crippen LogP contribution in [0.2, 0.25) is 0 Å². The van der Waals surface area contributed by atoms with Gasteiger partial charge in [-0.25, -0.2) is 9.07 Å². The summed E-state index contributed by atoms with van der Waals surface area (Å²) >= 11 is 1.65. The van der Waals surface area contributed by atoms with Crippen LogP contribution in [-0.2, 0) is 24.3 Å². The van der Waals surface area contributed by atoms with E-state index in [1.54, 1.807) is 40.3 Å². The Morgan fingerprint density at radius 3 is 2.85 bits per heavy atom. The maximum absolute atomic E-state index is 13.6. The number of carbonyl (C=O) groups excluding carboxylic acids is 1. The fourth-order valence-corrected chi connectivity index (χ4v) is 3.99. The molecule has 0 aliphatic rings. The summed E-state index contributed by atoms with van der Waals surface area (Å²) in [6, 6.07) is 10.1. The Labute approximate surface area is 157 Å². The molecule has 8 heteroatoms. The molecule has 0 spiro atoms. The Balaban J connectivity index is 1.55. The maximum Gasteiger partial charge on any atom is 0.291 e. The standard InChI is InChI=1S/C19H17FN4O2S/c1-2-13-7-15-17(27-13)8-16-19(26)24(22-11-23(15)16)10-18(25)21-9-12-5-3-4-6-14(12)20/h3-8,11H,2,9-10H2,1H3,(H,21,25). The molecule has 1 N–H and O–H groups in total. The van der Waals surface area contributed by atoms with Crippen LogP contribution in [0.15, 0.2) is 47.5 Å². The van der Waals surface area contributed by atoms with E-state index in [4.69, 9.17) is 0 Å². The zero-order valence-corrected chi connectivity index (χ0v) is 15.4. The molecular formula is C19H17FN4O2S. The van der Waals surface area contributed by atoms with Gasteiger partial charge in [0.1, 0.15) is 24.2 Å². The van der Waals surface area contributed by atoms with Crippen LogP contribution in [-0.4, -0.2) is 20.1 Å². The minimum atomic E-state index is -0.404. The number of nitrogens with zero attached hydrogens (tertiary/aromatic N) is 3. The molecule has 0 bridgehead atoms. The van der Waals surface area contributed by atoms with E-state index in [0.717, 1.165) is 21.3 Å². The highest BCUT2D eigenvalue weighted by Crippen LogP contribution is 2.28. The summed E-state index contributed by atoms with van der Waals surface area (Å²) in [6.07, 6.45) is 2.49. The molecule has 138 valence electrons. The van der Waals surface area contributed by atoms with Crippen LogP contribution in [0.25, 0.3) is 15.7 Å². The van der Waals surface area contributed by atoms with Crippen LogP contribution in [0.5, 0.6) is 0 Å². The average Bonchev–Trinajstić information content (AvgIpc) is 3.21. The Hall–Kier alpha value is -3.00. The molecular weight excluding hydrogens is 367 g/mol. The lowest BCUT2D eigenvalue weighted by atomic mass is 10.2. The number of aryl methyl sites for hydroxylation is 1. The minimum absolute atomic E-state index is 0.0587. The molecule has 0 aliphatic carbocycles. The number of fused-ring (bicyclic) bond motifs is 3. The molecule has 27 heavy (non-hydrogen) atoms. The fourth-order valence-electron chi connectivity index (χ4n) is 2.96. The number of carbonyl (C=O) groups is 1. The SMILES string of the molecule is CCc1cc2c(cc3c(=O)n(CC(=O)NCc4ccccc4F)ncn32)s1. The third kappa shape index (κ3) is 3.23. The smallest absolute Gasteiger partial charge is 0.291 e. The second kappa shape index (κ2) is 6.96. The van der Waals surface area contributed by atoms with E-state index in [2.05, 4.69) is 23.4 Å². The van der Waals surface area contributed by atoms with E-state index in [9.17, 15) is 14.0 Å². The fraction of sp³-hybridized carbons (Fsp3) is 0.211. The Morgan fingerprint density at radius 1 is 1.26 bits per heavy atom. The topological polar surface area (TPSA) is 68.4 Å². The molecule has 0 atom stereocenters. The number of hydrogen-bond donors (Lipinski definition) is 1. The van der Waals surface area contributed by atoms with Crippen LogP contribution >= 0.6 is 11.3 Å². The highest BCUT2D eigenvalue weighted by Gasteiger charge is 2.13. The van der Waals surface area contributed by atoms with Gasteiger partial charge in [0.2, 0.25) is 5.91 Å². The first-order chi connectivity index (χ1) is 13.1. The second-order valence-electron chi connectivity index (χ2n) is 6.18. The molecule has 6 nitrogen and oxygen atoms in total. The van der Waals surface area contributed by atoms with Gasteiger partial charge in [-0.3, -0.25) is 14.0 Å². The molecule has 1 amide bonds. The lowest BCUT2D eigenvalue weighted by molar-refractivity contribution is -0.122. The van der Waals surface area contributed by atoms with Crippen molar-refractivity contribution in [3.63, 3.8) is 0 Å². The molecule has 4 rings (SSSR count). The highest BCUT2D eigenvalue weighted by atomic mass is 32.1. The number of halogens is 1. The van der Waals surface area contributed by atoms with Gasteiger partial charge in [0, 0.05) is 17.0 Å². The van der Waals surface area contributed by atoms with E-state index in [1.807, 2.05) is 6.07 Å². The lowest BCUT2D eigenvalue weighted by Gasteiger charge is -2.08. The van der Waals surface area contributed by atoms with Crippen molar-refractivity contribution in [1.29, 1.82) is 0 Å². The van der Waals surface area contributed by atoms with Crippen molar-refractivity contribution in [2.24, 2.45) is 0 Å². The van der Waals surface area contributed by atoms with Crippen molar-refractivity contribution in [2.75, 3.05) is 0 Å². The summed E-state index contributed by atoms with van der Waals surface area (Å²) in [5.74, 6) is -0.784. The lowest BCUT2D eigenvalue weighted by Crippen LogP contribution is -2.34. The monoisotopic (exact) mass is 384 g/mol. The van der Waals surface area contributed by atoms with Crippen LogP contribution in [0.4, 0.5) is 4.39 Å². The summed E-state index contributed by atoms with van der Waals surface area (Å²) in [6.45, 7) is 1.93. The van der Waals surface area contributed by atoms with E-state index in [-0.39, 0.29) is 24.5 Å². The van der Waals surface area contributed by atoms with Crippen LogP contribution in [0, 0.1) is 5.82 Å². The summed E-state index contributed by atoms with van der Waals surface area (Å²) < 4.78 is 17.5. The number of nitrogens with one attached hydrogen (secondary N) is 1. The third-order valence-corrected chi connectivity index (χ3v) is 5.63. The Kier molecular flexibility index (Phi) is 4.49. The molecule has 0 aliphatic heterocycles. The summed E-state index contributed by atoms with van der Waals surface area (Å²) in [5, 5.41) is 6.73. The molecule has 0 saturated carbocycles. The zero-order valence-electron chi connectivity index (χ0n) is 14.6. The quantitative estimate of drug-likeness (QED) is 0.575. The van der Waals surface area contributed by atoms with Gasteiger partial charge < -0.3 is 5.32 Å². The van der Waals surface area contributed by atoms with Gasteiger partial charge in [-0.2, -0.15) is 5.10 Å². The third-order valence-electron chi connectivity index (χ3n) is 4.41. The number of rotatable bonds is 5. The number of thiophene rings is 1. The van der Waals surface area contributed by atoms with Crippen LogP contribution < -0.4 is 10.9 Å². The average molecular weight is 384 g/mol. The largest absolute Gasteiger partial charge is 0.350 e. The van der Waals surface area contributed by atoms with E-state index in [0.29, 0.717) is 11.1 Å². The zero-order chi connectivity index (χ0) is 19.0. The molecule has 0 saturated heterocycles. The van der Waals surface area contributed by atoms with Crippen molar-refractivity contribution in [3.8, 4) is 0 Å². The number of benzene rings is 1. The number of aromatic nitrogens is 3. The molecule has 4 aromatic rings. The van der Waals surface area contributed by atoms with Gasteiger partial charge in [-0.1, -0.05) is 25.1 Å². The number of amides is 1. The summed E-state index contributed by atoms with van der Waals surface area (Å²) in [7, 11) is 0. The summed E-state index contributed by atoms with van der Waals surface area (Å²) in [4.78, 5) is 26.1. The van der Waals surface area contributed by atoms with Gasteiger partial charge in [0.05, 0.1) is 10.2 Å². The molecule has 0 unspecified atom stereocenters. The Bertz CT molecular complexity index is 1210. The van der Waals surface area contributed by atoms with Gasteiger partial charge in [-0.15, -0.1) is 11.3 Å². The van der Waals surface area contributed by atoms with Crippen molar-refractivity contribution < 1.29 is 9.18 Å². The first-order valence-corrected chi connectivity index (χ1v) is 9.38. The van der Waals surface area contributed by atoms with E-state index >= 15 is 0 Å². The summed E-state index contributed by atoms with van der Waals surface area (Å²) in [5.41, 5.74) is 1.49. The van der Waals surface area contributed by atoms with Crippen molar-refractivity contribution >= 4 is 33.0 Å². The molecule has 0 radical (unpaired) electrons. The van der Waals surface area contributed by atoms with Gasteiger partial charge in [0.25, 0.3) is 5.56 Å². The first kappa shape index (κ1) is 17.4. The molecule has 1 aromatic carbocycles. The van der Waals surface area contributed by atoms with Crippen LogP contribution in [0.1, 0.15) is 17.4 Å². The van der Waals surface area contributed by atoms with Crippen molar-refractivity contribution in [2.45, 2.75) is 26.4 Å². The van der Waals surface area contributed by atoms with Gasteiger partial charge >= 0.3 is 0 Å². The molecule has 3 heterocycles. The van der Waals surface area contributed by atoms with E-state index < -0.39 is 5.91 Å². The number of hydrogen-bond acceptors (Lipinski definition) is 4. The maximum atomic E-state index is 13.6.